The molecule has 10 rings (SSSR count). The van der Waals surface area contributed by atoms with Crippen molar-refractivity contribution >= 4 is 0 Å². The molecule has 0 aromatic heterocycles. The second-order valence-corrected chi connectivity index (χ2v) is 31.4. The Hall–Kier alpha value is -1.58. The zero-order chi connectivity index (χ0) is 72.7. The molecule has 10 aliphatic rings. The highest BCUT2D eigenvalue weighted by molar-refractivity contribution is 5.31. The van der Waals surface area contributed by atoms with E-state index in [1.54, 1.807) is 0 Å². The summed E-state index contributed by atoms with van der Waals surface area (Å²) >= 11 is 0. The summed E-state index contributed by atoms with van der Waals surface area (Å²) in [6, 6.07) is 0. The van der Waals surface area contributed by atoms with Gasteiger partial charge in [-0.15, -0.1) is 0 Å². The van der Waals surface area contributed by atoms with Gasteiger partial charge < -0.3 is 164 Å². The highest BCUT2D eigenvalue weighted by Crippen LogP contribution is 2.75. The Bertz CT molecular complexity index is 2630. The van der Waals surface area contributed by atoms with Crippen LogP contribution in [0.5, 0.6) is 0 Å². The molecule has 3 saturated carbocycles. The maximum atomic E-state index is 11.9. The molecule has 6 heterocycles. The highest BCUT2D eigenvalue weighted by atomic mass is 16.8. The van der Waals surface area contributed by atoms with E-state index in [0.717, 1.165) is 37.7 Å². The molecule has 33 heteroatoms. The molecule has 9 fully saturated rings. The standard InChI is InChI=1S/C66H112O33/c1-25(9-13-37(63(4,5)87)97-61-55(99-59-53(86)47(80)41(74)32(22-70)93-59)49(82)43(76)34(95-61)24-89-57-51(84)45(78)39(72)30(20-68)91-57)26-15-16-66(8)35-12-10-27-28(64(35,6)17-18-65(26,66)7)11-14-36(62(27,2)3)96-60-54(98-58-52(85)46(79)40(73)31(21-69)92-58)48(81)42(75)33(94-60)23-88-56-50(83)44(77)38(71)29(19-67)90-56/h10,25-26,28-61,67-87H,9,11-24H2,1-8H3/t25-,26-,28?,29?,30?,31?,32?,33?,34?,35?,36+,37?,38?,39?,40?,41?,42?,43?,44?,45?,46?,47?,48?,49?,50?,51?,52?,53?,54?,55?,56?,57?,58?,59?,60?,61?,64+,65-,66+/m1/s1. The van der Waals surface area contributed by atoms with Crippen LogP contribution in [0.4, 0.5) is 0 Å². The minimum Gasteiger partial charge on any atom is -0.394 e. The maximum Gasteiger partial charge on any atom is 0.187 e. The van der Waals surface area contributed by atoms with Gasteiger partial charge in [0.25, 0.3) is 0 Å². The SMILES string of the molecule is C[C@H](CCC(OC1OC(COC2OC(CO)C(O)C(O)C2O)C(O)C(O)C1OC1OC(CO)C(O)C(O)C1O)C(C)(C)O)[C@H]1CC[C@@]2(C)C3CC=C4C(CC[C@H](OC5OC(COC6OC(CO)C(O)C(O)C6O)C(O)C(O)C5OC5OC(CO)C(O)C(O)C5O)C4(C)C)[C@]3(C)CC[C@]12C. The molecule has 0 aromatic carbocycles. The van der Waals surface area contributed by atoms with Crippen LogP contribution in [0, 0.1) is 45.3 Å². The van der Waals surface area contributed by atoms with Crippen molar-refractivity contribution in [2.45, 2.75) is 315 Å². The zero-order valence-corrected chi connectivity index (χ0v) is 57.3. The van der Waals surface area contributed by atoms with E-state index in [1.165, 1.54) is 13.8 Å². The fourth-order valence-electron chi connectivity index (χ4n) is 18.4. The van der Waals surface area contributed by atoms with E-state index in [9.17, 15) is 107 Å². The molecule has 99 heavy (non-hydrogen) atoms. The van der Waals surface area contributed by atoms with Crippen molar-refractivity contribution < 1.29 is 164 Å². The smallest absolute Gasteiger partial charge is 0.187 e. The third-order valence-corrected chi connectivity index (χ3v) is 24.9. The summed E-state index contributed by atoms with van der Waals surface area (Å²) in [7, 11) is 0. The first-order valence-electron chi connectivity index (χ1n) is 35.0. The minimum atomic E-state index is -1.96. The fourth-order valence-corrected chi connectivity index (χ4v) is 18.4. The predicted molar refractivity (Wildman–Crippen MR) is 331 cm³/mol. The van der Waals surface area contributed by atoms with Crippen LogP contribution in [0.1, 0.15) is 113 Å². The summed E-state index contributed by atoms with van der Waals surface area (Å²) in [6.07, 6.45) is -44.7. The lowest BCUT2D eigenvalue weighted by molar-refractivity contribution is -0.380. The van der Waals surface area contributed by atoms with Gasteiger partial charge in [-0.2, -0.15) is 0 Å². The van der Waals surface area contributed by atoms with E-state index in [4.69, 9.17) is 56.8 Å². The Balaban J connectivity index is 0.842. The molecular formula is C66H112O33. The molecule has 21 N–H and O–H groups in total. The normalized spacial score (nSPS) is 51.7. The Labute approximate surface area is 574 Å². The molecule has 0 radical (unpaired) electrons. The molecule has 6 saturated heterocycles. The van der Waals surface area contributed by atoms with Crippen LogP contribution in [0.25, 0.3) is 0 Å². The van der Waals surface area contributed by atoms with Gasteiger partial charge in [-0.25, -0.2) is 0 Å². The van der Waals surface area contributed by atoms with E-state index in [0.29, 0.717) is 19.3 Å². The highest BCUT2D eigenvalue weighted by Gasteiger charge is 2.68. The number of hydrogen-bond donors (Lipinski definition) is 21. The lowest BCUT2D eigenvalue weighted by Crippen LogP contribution is -2.66. The molecule has 4 aliphatic carbocycles. The van der Waals surface area contributed by atoms with E-state index in [1.807, 2.05) is 0 Å². The Morgan fingerprint density at radius 2 is 0.848 bits per heavy atom. The van der Waals surface area contributed by atoms with Crippen LogP contribution in [0.3, 0.4) is 0 Å². The second-order valence-electron chi connectivity index (χ2n) is 31.4. The summed E-state index contributed by atoms with van der Waals surface area (Å²) in [5.74, 6) is 0.523. The average molecular weight is 1430 g/mol. The first kappa shape index (κ1) is 80.0. The average Bonchev–Trinajstić information content (AvgIpc) is 1.64. The van der Waals surface area contributed by atoms with Gasteiger partial charge in [0.2, 0.25) is 0 Å². The van der Waals surface area contributed by atoms with E-state index in [2.05, 4.69) is 47.6 Å². The molecule has 33 nitrogen and oxygen atoms in total. The Morgan fingerprint density at radius 1 is 0.444 bits per heavy atom. The molecule has 33 unspecified atom stereocenters. The lowest BCUT2D eigenvalue weighted by atomic mass is 9.39. The van der Waals surface area contributed by atoms with Crippen molar-refractivity contribution in [3.63, 3.8) is 0 Å². The topological polar surface area (TPSA) is 536 Å². The monoisotopic (exact) mass is 1430 g/mol. The molecule has 0 spiro atoms. The van der Waals surface area contributed by atoms with Crippen molar-refractivity contribution in [3.05, 3.63) is 11.6 Å². The number of hydrogen-bond acceptors (Lipinski definition) is 33. The van der Waals surface area contributed by atoms with Gasteiger partial charge in [-0.05, 0) is 112 Å². The molecular weight excluding hydrogens is 1320 g/mol. The van der Waals surface area contributed by atoms with Crippen LogP contribution in [-0.4, -0.2) is 349 Å². The lowest BCUT2D eigenvalue weighted by Gasteiger charge is -2.66. The summed E-state index contributed by atoms with van der Waals surface area (Å²) in [6.45, 7) is 12.2. The first-order chi connectivity index (χ1) is 46.4. The molecule has 39 atom stereocenters. The van der Waals surface area contributed by atoms with Gasteiger partial charge in [0, 0.05) is 5.41 Å². The second kappa shape index (κ2) is 31.3. The predicted octanol–water partition coefficient (Wildman–Crippen LogP) is -6.55. The summed E-state index contributed by atoms with van der Waals surface area (Å²) in [5, 5.41) is 226. The number of fused-ring (bicyclic) bond motifs is 5. The molecule has 0 bridgehead atoms. The van der Waals surface area contributed by atoms with Gasteiger partial charge in [-0.3, -0.25) is 0 Å². The van der Waals surface area contributed by atoms with Crippen LogP contribution >= 0.6 is 0 Å². The molecule has 0 aromatic rings. The first-order valence-corrected chi connectivity index (χ1v) is 35.0. The van der Waals surface area contributed by atoms with Crippen LogP contribution in [0.2, 0.25) is 0 Å². The minimum absolute atomic E-state index is 0.0328. The van der Waals surface area contributed by atoms with Crippen LogP contribution in [-0.2, 0) is 56.8 Å². The van der Waals surface area contributed by atoms with Crippen LogP contribution < -0.4 is 0 Å². The Morgan fingerprint density at radius 3 is 1.29 bits per heavy atom. The summed E-state index contributed by atoms with van der Waals surface area (Å²) in [5.41, 5.74) is -1.75. The van der Waals surface area contributed by atoms with Crippen molar-refractivity contribution in [1.82, 2.24) is 0 Å². The van der Waals surface area contributed by atoms with E-state index < -0.39 is 247 Å². The third-order valence-electron chi connectivity index (χ3n) is 24.9. The van der Waals surface area contributed by atoms with E-state index >= 15 is 0 Å². The van der Waals surface area contributed by atoms with Gasteiger partial charge >= 0.3 is 0 Å². The molecule has 6 aliphatic heterocycles. The zero-order valence-electron chi connectivity index (χ0n) is 57.3. The summed E-state index contributed by atoms with van der Waals surface area (Å²) < 4.78 is 72.2. The van der Waals surface area contributed by atoms with E-state index in [-0.39, 0.29) is 46.3 Å². The molecule has 0 amide bonds. The number of aliphatic hydroxyl groups is 21. The quantitative estimate of drug-likeness (QED) is 0.0423. The van der Waals surface area contributed by atoms with Gasteiger partial charge in [0.05, 0.1) is 57.5 Å². The molecule has 574 valence electrons. The van der Waals surface area contributed by atoms with Crippen molar-refractivity contribution in [3.8, 4) is 0 Å². The largest absolute Gasteiger partial charge is 0.394 e. The van der Waals surface area contributed by atoms with Crippen LogP contribution in [0.15, 0.2) is 11.6 Å². The third kappa shape index (κ3) is 15.0. The van der Waals surface area contributed by atoms with Crippen molar-refractivity contribution in [2.75, 3.05) is 39.6 Å². The Kier molecular flexibility index (Phi) is 25.3. The van der Waals surface area contributed by atoms with Gasteiger partial charge in [-0.1, -0.05) is 53.2 Å². The number of allylic oxidation sites excluding steroid dienone is 1. The van der Waals surface area contributed by atoms with Gasteiger partial charge in [0.15, 0.2) is 37.7 Å². The number of aliphatic hydroxyl groups excluding tert-OH is 20. The van der Waals surface area contributed by atoms with Crippen molar-refractivity contribution in [1.29, 1.82) is 0 Å². The fraction of sp³-hybridized carbons (Fsp3) is 0.970. The number of ether oxygens (including phenoxy) is 12. The summed E-state index contributed by atoms with van der Waals surface area (Å²) in [4.78, 5) is 0. The number of rotatable bonds is 23. The maximum absolute atomic E-state index is 11.9. The van der Waals surface area contributed by atoms with Gasteiger partial charge in [0.1, 0.15) is 146 Å². The van der Waals surface area contributed by atoms with Crippen molar-refractivity contribution in [2.24, 2.45) is 45.3 Å².